The molecule has 3 rings (SSSR count). The molecule has 2 aromatic rings. The largest absolute Gasteiger partial charge is 0.462 e. The number of rotatable bonds is 3. The minimum atomic E-state index is -0.836. The van der Waals surface area contributed by atoms with Crippen LogP contribution in [0.2, 0.25) is 5.02 Å². The molecule has 5 nitrogen and oxygen atoms in total. The van der Waals surface area contributed by atoms with Crippen LogP contribution in [-0.2, 0) is 4.74 Å². The van der Waals surface area contributed by atoms with E-state index in [1.165, 1.54) is 6.20 Å². The minimum Gasteiger partial charge on any atom is -0.462 e. The van der Waals surface area contributed by atoms with Crippen LogP contribution in [0.4, 0.5) is 10.1 Å². The van der Waals surface area contributed by atoms with E-state index in [9.17, 15) is 14.0 Å². The average Bonchev–Trinajstić information content (AvgIpc) is 3.35. The molecule has 1 aliphatic carbocycles. The lowest BCUT2D eigenvalue weighted by Crippen LogP contribution is -2.22. The molecule has 1 saturated carbocycles. The normalized spacial score (nSPS) is 14.3. The monoisotopic (exact) mass is 338 g/mol. The zero-order chi connectivity index (χ0) is 16.9. The zero-order valence-electron chi connectivity index (χ0n) is 12.8. The predicted molar refractivity (Wildman–Crippen MR) is 86.6 cm³/mol. The van der Waals surface area contributed by atoms with Crippen LogP contribution < -0.4 is 11.2 Å². The third-order valence-corrected chi connectivity index (χ3v) is 4.50. The van der Waals surface area contributed by atoms with Gasteiger partial charge in [-0.1, -0.05) is 11.6 Å². The molecule has 0 bridgehead atoms. The van der Waals surface area contributed by atoms with E-state index in [2.05, 4.69) is 0 Å². The van der Waals surface area contributed by atoms with Gasteiger partial charge in [-0.2, -0.15) is 0 Å². The molecular weight excluding hydrogens is 323 g/mol. The van der Waals surface area contributed by atoms with Gasteiger partial charge in [-0.05, 0) is 32.3 Å². The molecule has 1 heterocycles. The number of benzene rings is 1. The fourth-order valence-corrected chi connectivity index (χ4v) is 2.95. The highest BCUT2D eigenvalue weighted by molar-refractivity contribution is 6.33. The van der Waals surface area contributed by atoms with Gasteiger partial charge in [0.15, 0.2) is 5.82 Å². The van der Waals surface area contributed by atoms with Crippen LogP contribution in [-0.4, -0.2) is 17.1 Å². The maximum absolute atomic E-state index is 14.2. The lowest BCUT2D eigenvalue weighted by molar-refractivity contribution is 0.0524. The van der Waals surface area contributed by atoms with Crippen molar-refractivity contribution in [1.82, 2.24) is 4.57 Å². The number of carbonyl (C=O) groups excluding carboxylic acids is 1. The molecule has 1 aliphatic rings. The summed E-state index contributed by atoms with van der Waals surface area (Å²) in [6.07, 6.45) is 3.30. The summed E-state index contributed by atoms with van der Waals surface area (Å²) in [7, 11) is 0. The van der Waals surface area contributed by atoms with Crippen LogP contribution in [0.5, 0.6) is 0 Å². The number of hydrogen-bond donors (Lipinski definition) is 1. The van der Waals surface area contributed by atoms with Gasteiger partial charge in [0.1, 0.15) is 5.56 Å². The highest BCUT2D eigenvalue weighted by atomic mass is 35.5. The maximum Gasteiger partial charge on any atom is 0.343 e. The number of carbonyl (C=O) groups is 1. The van der Waals surface area contributed by atoms with E-state index < -0.39 is 17.2 Å². The first-order valence-corrected chi connectivity index (χ1v) is 7.75. The van der Waals surface area contributed by atoms with Crippen molar-refractivity contribution in [1.29, 1.82) is 0 Å². The Labute approximate surface area is 136 Å². The Kier molecular flexibility index (Phi) is 3.80. The van der Waals surface area contributed by atoms with Gasteiger partial charge in [0.2, 0.25) is 5.43 Å². The van der Waals surface area contributed by atoms with Gasteiger partial charge in [-0.15, -0.1) is 0 Å². The summed E-state index contributed by atoms with van der Waals surface area (Å²) in [4.78, 5) is 24.7. The first-order valence-electron chi connectivity index (χ1n) is 7.37. The summed E-state index contributed by atoms with van der Waals surface area (Å²) < 4.78 is 20.9. The van der Waals surface area contributed by atoms with E-state index >= 15 is 0 Å². The van der Waals surface area contributed by atoms with Gasteiger partial charge in [-0.25, -0.2) is 9.18 Å². The van der Waals surface area contributed by atoms with E-state index in [0.29, 0.717) is 11.1 Å². The number of nitrogens with two attached hydrogens (primary N) is 1. The van der Waals surface area contributed by atoms with E-state index in [0.717, 1.165) is 12.8 Å². The van der Waals surface area contributed by atoms with Gasteiger partial charge in [0, 0.05) is 12.2 Å². The molecule has 0 saturated heterocycles. The van der Waals surface area contributed by atoms with Crippen molar-refractivity contribution < 1.29 is 13.9 Å². The Morgan fingerprint density at radius 3 is 2.74 bits per heavy atom. The minimum absolute atomic E-state index is 0.0122. The molecule has 23 heavy (non-hydrogen) atoms. The molecule has 0 atom stereocenters. The van der Waals surface area contributed by atoms with Crippen LogP contribution in [0.3, 0.4) is 0 Å². The summed E-state index contributed by atoms with van der Waals surface area (Å²) in [6, 6.07) is 0.144. The second-order valence-electron chi connectivity index (χ2n) is 5.62. The van der Waals surface area contributed by atoms with E-state index in [1.807, 2.05) is 0 Å². The second-order valence-corrected chi connectivity index (χ2v) is 6.00. The van der Waals surface area contributed by atoms with E-state index in [-0.39, 0.29) is 34.3 Å². The smallest absolute Gasteiger partial charge is 0.343 e. The van der Waals surface area contributed by atoms with Crippen molar-refractivity contribution in [3.05, 3.63) is 38.4 Å². The van der Waals surface area contributed by atoms with Gasteiger partial charge < -0.3 is 15.0 Å². The van der Waals surface area contributed by atoms with Gasteiger partial charge in [-0.3, -0.25) is 4.79 Å². The van der Waals surface area contributed by atoms with E-state index in [1.54, 1.807) is 18.4 Å². The number of pyridine rings is 1. The standard InChI is InChI=1S/C16H16ClFN2O3/c1-3-23-16(22)9-6-20(8-4-5-8)14-7(2)11(17)12(18)13(19)10(14)15(9)21/h6,8H,3-5,19H2,1-2H3. The van der Waals surface area contributed by atoms with Crippen molar-refractivity contribution in [2.24, 2.45) is 0 Å². The molecular formula is C16H16ClFN2O3. The fraction of sp³-hybridized carbons (Fsp3) is 0.375. The molecule has 1 fully saturated rings. The average molecular weight is 339 g/mol. The third-order valence-electron chi connectivity index (χ3n) is 4.05. The first kappa shape index (κ1) is 15.8. The number of aromatic nitrogens is 1. The summed E-state index contributed by atoms with van der Waals surface area (Å²) in [6.45, 7) is 3.43. The number of nitrogen functional groups attached to an aromatic ring is 1. The van der Waals surface area contributed by atoms with Crippen LogP contribution in [0, 0.1) is 12.7 Å². The Bertz CT molecular complexity index is 887. The summed E-state index contributed by atoms with van der Waals surface area (Å²) >= 11 is 6.00. The number of anilines is 1. The number of fused-ring (bicyclic) bond motifs is 1. The van der Waals surface area contributed by atoms with Crippen LogP contribution in [0.1, 0.15) is 41.7 Å². The molecule has 0 unspecified atom stereocenters. The Morgan fingerprint density at radius 2 is 2.17 bits per heavy atom. The van der Waals surface area contributed by atoms with Gasteiger partial charge >= 0.3 is 5.97 Å². The lowest BCUT2D eigenvalue weighted by Gasteiger charge is -2.17. The van der Waals surface area contributed by atoms with Crippen LogP contribution in [0.25, 0.3) is 10.9 Å². The molecule has 1 aromatic heterocycles. The third kappa shape index (κ3) is 2.37. The zero-order valence-corrected chi connectivity index (χ0v) is 13.5. The number of aryl methyl sites for hydroxylation is 1. The van der Waals surface area contributed by atoms with Crippen molar-refractivity contribution in [3.8, 4) is 0 Å². The lowest BCUT2D eigenvalue weighted by atomic mass is 10.0. The van der Waals surface area contributed by atoms with Crippen molar-refractivity contribution in [2.45, 2.75) is 32.7 Å². The SMILES string of the molecule is CCOC(=O)c1cn(C2CC2)c2c(C)c(Cl)c(F)c(N)c2c1=O. The van der Waals surface area contributed by atoms with Crippen molar-refractivity contribution >= 4 is 34.2 Å². The molecule has 0 amide bonds. The molecule has 2 N–H and O–H groups in total. The summed E-state index contributed by atoms with van der Waals surface area (Å²) in [5, 5.41) is -0.116. The molecule has 0 spiro atoms. The summed E-state index contributed by atoms with van der Waals surface area (Å²) in [5.74, 6) is -1.57. The topological polar surface area (TPSA) is 74.3 Å². The molecule has 7 heteroatoms. The Morgan fingerprint density at radius 1 is 1.52 bits per heavy atom. The molecule has 0 aliphatic heterocycles. The highest BCUT2D eigenvalue weighted by Crippen LogP contribution is 2.40. The van der Waals surface area contributed by atoms with E-state index in [4.69, 9.17) is 22.1 Å². The number of nitrogens with zero attached hydrogens (tertiary/aromatic N) is 1. The maximum atomic E-state index is 14.2. The first-order chi connectivity index (χ1) is 10.9. The fourth-order valence-electron chi connectivity index (χ4n) is 2.76. The van der Waals surface area contributed by atoms with Crippen molar-refractivity contribution in [2.75, 3.05) is 12.3 Å². The number of hydrogen-bond acceptors (Lipinski definition) is 4. The molecule has 0 radical (unpaired) electrons. The Hall–Kier alpha value is -2.08. The quantitative estimate of drug-likeness (QED) is 0.689. The number of ether oxygens (including phenoxy) is 1. The van der Waals surface area contributed by atoms with Gasteiger partial charge in [0.05, 0.1) is 28.2 Å². The van der Waals surface area contributed by atoms with Crippen LogP contribution in [0.15, 0.2) is 11.0 Å². The molecule has 1 aromatic carbocycles. The molecule has 122 valence electrons. The Balaban J connectivity index is 2.46. The predicted octanol–water partition coefficient (Wildman–Crippen LogP) is 3.20. The number of esters is 1. The van der Waals surface area contributed by atoms with Crippen LogP contribution >= 0.6 is 11.6 Å². The number of halogens is 2. The van der Waals surface area contributed by atoms with Crippen molar-refractivity contribution in [3.63, 3.8) is 0 Å². The van der Waals surface area contributed by atoms with Gasteiger partial charge in [0.25, 0.3) is 0 Å². The second kappa shape index (κ2) is 5.53. The summed E-state index contributed by atoms with van der Waals surface area (Å²) in [5.41, 5.74) is 5.61. The highest BCUT2D eigenvalue weighted by Gasteiger charge is 2.30.